The molecule has 0 radical (unpaired) electrons. The zero-order valence-corrected chi connectivity index (χ0v) is 15.6. The van der Waals surface area contributed by atoms with E-state index < -0.39 is 0 Å². The van der Waals surface area contributed by atoms with Crippen LogP contribution in [-0.4, -0.2) is 43.9 Å². The number of aromatic nitrogens is 4. The first-order valence-electron chi connectivity index (χ1n) is 8.94. The first-order chi connectivity index (χ1) is 13.1. The smallest absolute Gasteiger partial charge is 0.278 e. The average molecular weight is 367 g/mol. The first-order valence-corrected chi connectivity index (χ1v) is 8.94. The number of hydrogen-bond acceptors (Lipinski definition) is 6. The lowest BCUT2D eigenvalue weighted by molar-refractivity contribution is 0.0733. The molecule has 4 rings (SSSR count). The molecular formula is C19H21N5O3. The summed E-state index contributed by atoms with van der Waals surface area (Å²) in [6.07, 6.45) is 0.731. The number of carbonyl (C=O) groups is 1. The molecule has 8 nitrogen and oxygen atoms in total. The molecule has 0 unspecified atom stereocenters. The fraction of sp³-hybridized carbons (Fsp3) is 0.368. The van der Waals surface area contributed by atoms with Crippen molar-refractivity contribution in [2.75, 3.05) is 13.2 Å². The van der Waals surface area contributed by atoms with Crippen LogP contribution in [0.1, 0.15) is 34.4 Å². The number of amides is 1. The van der Waals surface area contributed by atoms with Crippen LogP contribution in [0, 0.1) is 6.92 Å². The van der Waals surface area contributed by atoms with Crippen LogP contribution in [0.3, 0.4) is 0 Å². The number of hydrogen-bond donors (Lipinski definition) is 0. The SMILES string of the molecule is CCOc1ccc(C(=O)N2CCc3c(c(-c4nc(C)no4)nn3C)C2)cc1. The summed E-state index contributed by atoms with van der Waals surface area (Å²) in [5, 5.41) is 8.39. The van der Waals surface area contributed by atoms with Crippen LogP contribution in [0.4, 0.5) is 0 Å². The lowest BCUT2D eigenvalue weighted by Gasteiger charge is -2.27. The van der Waals surface area contributed by atoms with E-state index in [0.717, 1.165) is 23.4 Å². The summed E-state index contributed by atoms with van der Waals surface area (Å²) in [5.74, 6) is 1.69. The van der Waals surface area contributed by atoms with E-state index in [1.54, 1.807) is 19.1 Å². The van der Waals surface area contributed by atoms with Gasteiger partial charge in [-0.2, -0.15) is 10.1 Å². The van der Waals surface area contributed by atoms with E-state index in [4.69, 9.17) is 9.26 Å². The van der Waals surface area contributed by atoms with Gasteiger partial charge in [0.1, 0.15) is 5.75 Å². The quantitative estimate of drug-likeness (QED) is 0.704. The van der Waals surface area contributed by atoms with Crippen molar-refractivity contribution in [3.63, 3.8) is 0 Å². The highest BCUT2D eigenvalue weighted by Crippen LogP contribution is 2.29. The normalized spacial score (nSPS) is 13.5. The molecule has 0 spiro atoms. The number of fused-ring (bicyclic) bond motifs is 1. The van der Waals surface area contributed by atoms with Crippen molar-refractivity contribution in [3.8, 4) is 17.3 Å². The molecule has 0 N–H and O–H groups in total. The van der Waals surface area contributed by atoms with Gasteiger partial charge in [-0.1, -0.05) is 5.16 Å². The van der Waals surface area contributed by atoms with Crippen molar-refractivity contribution in [3.05, 3.63) is 46.9 Å². The lowest BCUT2D eigenvalue weighted by atomic mass is 10.0. The fourth-order valence-corrected chi connectivity index (χ4v) is 3.37. The highest BCUT2D eigenvalue weighted by Gasteiger charge is 2.29. The second-order valence-electron chi connectivity index (χ2n) is 6.48. The van der Waals surface area contributed by atoms with Gasteiger partial charge in [0.25, 0.3) is 11.8 Å². The minimum absolute atomic E-state index is 0.0137. The third kappa shape index (κ3) is 3.18. The topological polar surface area (TPSA) is 86.3 Å². The van der Waals surface area contributed by atoms with Crippen molar-refractivity contribution in [2.24, 2.45) is 7.05 Å². The molecule has 2 aromatic heterocycles. The number of ether oxygens (including phenoxy) is 1. The van der Waals surface area contributed by atoms with Gasteiger partial charge in [0.15, 0.2) is 11.5 Å². The molecule has 0 saturated carbocycles. The Balaban J connectivity index is 1.59. The Morgan fingerprint density at radius 2 is 2.07 bits per heavy atom. The minimum atomic E-state index is -0.0137. The van der Waals surface area contributed by atoms with Crippen molar-refractivity contribution >= 4 is 5.91 Å². The van der Waals surface area contributed by atoms with Gasteiger partial charge in [-0.15, -0.1) is 0 Å². The Morgan fingerprint density at radius 1 is 1.30 bits per heavy atom. The summed E-state index contributed by atoms with van der Waals surface area (Å²) in [6.45, 7) is 5.40. The summed E-state index contributed by atoms with van der Waals surface area (Å²) < 4.78 is 12.6. The maximum absolute atomic E-state index is 12.9. The molecule has 0 fully saturated rings. The second kappa shape index (κ2) is 6.86. The van der Waals surface area contributed by atoms with Gasteiger partial charge in [0.05, 0.1) is 13.2 Å². The fourth-order valence-electron chi connectivity index (χ4n) is 3.37. The van der Waals surface area contributed by atoms with Crippen LogP contribution in [0.15, 0.2) is 28.8 Å². The third-order valence-corrected chi connectivity index (χ3v) is 4.67. The zero-order valence-electron chi connectivity index (χ0n) is 15.6. The Morgan fingerprint density at radius 3 is 2.74 bits per heavy atom. The predicted octanol–water partition coefficient (Wildman–Crippen LogP) is 2.38. The largest absolute Gasteiger partial charge is 0.494 e. The van der Waals surface area contributed by atoms with Crippen LogP contribution in [-0.2, 0) is 20.0 Å². The van der Waals surface area contributed by atoms with E-state index >= 15 is 0 Å². The van der Waals surface area contributed by atoms with Gasteiger partial charge in [-0.05, 0) is 38.1 Å². The molecule has 0 aliphatic carbocycles. The average Bonchev–Trinajstić information content (AvgIpc) is 3.25. The van der Waals surface area contributed by atoms with Gasteiger partial charge < -0.3 is 14.2 Å². The van der Waals surface area contributed by atoms with Gasteiger partial charge in [0.2, 0.25) is 0 Å². The van der Waals surface area contributed by atoms with Crippen LogP contribution in [0.25, 0.3) is 11.6 Å². The molecule has 0 bridgehead atoms. The summed E-state index contributed by atoms with van der Waals surface area (Å²) >= 11 is 0. The van der Waals surface area contributed by atoms with Crippen molar-refractivity contribution in [1.29, 1.82) is 0 Å². The number of benzene rings is 1. The summed E-state index contributed by atoms with van der Waals surface area (Å²) in [4.78, 5) is 19.1. The Hall–Kier alpha value is -3.16. The minimum Gasteiger partial charge on any atom is -0.494 e. The molecule has 3 heterocycles. The van der Waals surface area contributed by atoms with Gasteiger partial charge in [-0.3, -0.25) is 9.48 Å². The summed E-state index contributed by atoms with van der Waals surface area (Å²) in [6, 6.07) is 7.24. The van der Waals surface area contributed by atoms with E-state index in [9.17, 15) is 4.79 Å². The number of nitrogens with zero attached hydrogens (tertiary/aromatic N) is 5. The molecule has 0 atom stereocenters. The van der Waals surface area contributed by atoms with Crippen LogP contribution < -0.4 is 4.74 Å². The monoisotopic (exact) mass is 367 g/mol. The summed E-state index contributed by atoms with van der Waals surface area (Å²) in [7, 11) is 1.90. The Bertz CT molecular complexity index is 974. The van der Waals surface area contributed by atoms with Gasteiger partial charge in [-0.25, -0.2) is 0 Å². The van der Waals surface area contributed by atoms with Crippen LogP contribution in [0.5, 0.6) is 5.75 Å². The molecule has 1 aliphatic rings. The van der Waals surface area contributed by atoms with Crippen molar-refractivity contribution in [2.45, 2.75) is 26.8 Å². The number of rotatable bonds is 4. The molecule has 1 aliphatic heterocycles. The van der Waals surface area contributed by atoms with Gasteiger partial charge >= 0.3 is 0 Å². The Kier molecular flexibility index (Phi) is 4.39. The molecule has 27 heavy (non-hydrogen) atoms. The highest BCUT2D eigenvalue weighted by atomic mass is 16.5. The van der Waals surface area contributed by atoms with Gasteiger partial charge in [0, 0.05) is 36.8 Å². The Labute approximate surface area is 156 Å². The van der Waals surface area contributed by atoms with Crippen molar-refractivity contribution in [1.82, 2.24) is 24.8 Å². The summed E-state index contributed by atoms with van der Waals surface area (Å²) in [5.41, 5.74) is 3.35. The van der Waals surface area contributed by atoms with E-state index in [2.05, 4.69) is 15.2 Å². The maximum atomic E-state index is 12.9. The maximum Gasteiger partial charge on any atom is 0.278 e. The third-order valence-electron chi connectivity index (χ3n) is 4.67. The lowest BCUT2D eigenvalue weighted by Crippen LogP contribution is -2.36. The van der Waals surface area contributed by atoms with Crippen LogP contribution >= 0.6 is 0 Å². The van der Waals surface area contributed by atoms with E-state index in [1.165, 1.54) is 0 Å². The van der Waals surface area contributed by atoms with E-state index in [-0.39, 0.29) is 5.91 Å². The molecule has 8 heteroatoms. The number of aryl methyl sites for hydroxylation is 2. The van der Waals surface area contributed by atoms with E-state index in [1.807, 2.05) is 35.7 Å². The van der Waals surface area contributed by atoms with Crippen molar-refractivity contribution < 1.29 is 14.1 Å². The predicted molar refractivity (Wildman–Crippen MR) is 97.3 cm³/mol. The molecule has 3 aromatic rings. The zero-order chi connectivity index (χ0) is 19.0. The molecule has 1 amide bonds. The molecular weight excluding hydrogens is 346 g/mol. The molecule has 1 aromatic carbocycles. The molecule has 140 valence electrons. The van der Waals surface area contributed by atoms with Crippen LogP contribution in [0.2, 0.25) is 0 Å². The second-order valence-corrected chi connectivity index (χ2v) is 6.48. The van der Waals surface area contributed by atoms with E-state index in [0.29, 0.717) is 42.7 Å². The highest BCUT2D eigenvalue weighted by molar-refractivity contribution is 5.94. The number of carbonyl (C=O) groups excluding carboxylic acids is 1. The molecule has 0 saturated heterocycles. The first kappa shape index (κ1) is 17.3. The standard InChI is InChI=1S/C19H21N5O3/c1-4-26-14-7-5-13(6-8-14)19(25)24-10-9-16-15(11-24)17(21-23(16)3)18-20-12(2)22-27-18/h5-8H,4,9-11H2,1-3H3.